The van der Waals surface area contributed by atoms with Crippen LogP contribution in [-0.2, 0) is 11.3 Å². The van der Waals surface area contributed by atoms with Gasteiger partial charge in [0, 0.05) is 6.54 Å². The van der Waals surface area contributed by atoms with Crippen LogP contribution in [0.2, 0.25) is 0 Å². The predicted octanol–water partition coefficient (Wildman–Crippen LogP) is 2.12. The lowest BCUT2D eigenvalue weighted by Crippen LogP contribution is -2.07. The van der Waals surface area contributed by atoms with Crippen molar-refractivity contribution in [3.05, 3.63) is 42.5 Å². The summed E-state index contributed by atoms with van der Waals surface area (Å²) in [6.07, 6.45) is 2.72. The van der Waals surface area contributed by atoms with E-state index < -0.39 is 0 Å². The van der Waals surface area contributed by atoms with E-state index in [1.165, 1.54) is 0 Å². The van der Waals surface area contributed by atoms with E-state index in [4.69, 9.17) is 15.2 Å². The molecule has 0 fully saturated rings. The van der Waals surface area contributed by atoms with Gasteiger partial charge in [-0.25, -0.2) is 0 Å². The molecule has 0 radical (unpaired) electrons. The minimum Gasteiger partial charge on any atom is -0.491 e. The van der Waals surface area contributed by atoms with Crippen molar-refractivity contribution in [1.82, 2.24) is 0 Å². The lowest BCUT2D eigenvalue weighted by Gasteiger charge is -2.07. The molecule has 2 N–H and O–H groups in total. The van der Waals surface area contributed by atoms with E-state index in [-0.39, 0.29) is 0 Å². The zero-order valence-electron chi connectivity index (χ0n) is 9.52. The molecule has 0 amide bonds. The molecule has 88 valence electrons. The first-order valence-electron chi connectivity index (χ1n) is 5.47. The summed E-state index contributed by atoms with van der Waals surface area (Å²) in [5.41, 5.74) is 6.61. The van der Waals surface area contributed by atoms with Gasteiger partial charge in [0.05, 0.1) is 13.2 Å². The van der Waals surface area contributed by atoms with Crippen LogP contribution < -0.4 is 10.5 Å². The Labute approximate surface area is 96.9 Å². The van der Waals surface area contributed by atoms with Crippen molar-refractivity contribution < 1.29 is 9.47 Å². The van der Waals surface area contributed by atoms with Gasteiger partial charge in [0.25, 0.3) is 0 Å². The Morgan fingerprint density at radius 3 is 2.50 bits per heavy atom. The quantitative estimate of drug-likeness (QED) is 0.540. The van der Waals surface area contributed by atoms with Crippen LogP contribution in [0.25, 0.3) is 0 Å². The Morgan fingerprint density at radius 2 is 1.88 bits per heavy atom. The molecular formula is C13H19NO2. The van der Waals surface area contributed by atoms with Gasteiger partial charge in [-0.3, -0.25) is 0 Å². The molecule has 16 heavy (non-hydrogen) atoms. The number of nitrogens with two attached hydrogens (primary N) is 1. The second kappa shape index (κ2) is 7.91. The Morgan fingerprint density at radius 1 is 1.12 bits per heavy atom. The van der Waals surface area contributed by atoms with Gasteiger partial charge in [0.15, 0.2) is 0 Å². The van der Waals surface area contributed by atoms with E-state index in [2.05, 4.69) is 6.58 Å². The van der Waals surface area contributed by atoms with Gasteiger partial charge in [-0.1, -0.05) is 18.2 Å². The Kier molecular flexibility index (Phi) is 6.30. The van der Waals surface area contributed by atoms with Gasteiger partial charge in [0.2, 0.25) is 0 Å². The predicted molar refractivity (Wildman–Crippen MR) is 65.5 cm³/mol. The largest absolute Gasteiger partial charge is 0.491 e. The lowest BCUT2D eigenvalue weighted by molar-refractivity contribution is 0.103. The third-order valence-electron chi connectivity index (χ3n) is 2.12. The summed E-state index contributed by atoms with van der Waals surface area (Å²) >= 11 is 0. The summed E-state index contributed by atoms with van der Waals surface area (Å²) in [6.45, 7) is 6.06. The van der Waals surface area contributed by atoms with Crippen molar-refractivity contribution in [3.63, 3.8) is 0 Å². The average molecular weight is 221 g/mol. The highest BCUT2D eigenvalue weighted by Gasteiger charge is 1.94. The minimum atomic E-state index is 0.560. The molecule has 0 heterocycles. The molecule has 1 aromatic rings. The molecule has 0 saturated heterocycles. The molecule has 0 atom stereocenters. The summed E-state index contributed by atoms with van der Waals surface area (Å²) in [7, 11) is 0. The van der Waals surface area contributed by atoms with E-state index >= 15 is 0 Å². The summed E-state index contributed by atoms with van der Waals surface area (Å²) < 4.78 is 10.8. The zero-order valence-corrected chi connectivity index (χ0v) is 9.52. The molecule has 0 unspecified atom stereocenters. The van der Waals surface area contributed by atoms with Crippen LogP contribution in [0.5, 0.6) is 5.75 Å². The van der Waals surface area contributed by atoms with Crippen LogP contribution in [0.4, 0.5) is 0 Å². The Hall–Kier alpha value is -1.32. The second-order valence-corrected chi connectivity index (χ2v) is 3.39. The third-order valence-corrected chi connectivity index (χ3v) is 2.12. The van der Waals surface area contributed by atoms with Gasteiger partial charge in [-0.15, -0.1) is 6.58 Å². The molecule has 0 bridgehead atoms. The van der Waals surface area contributed by atoms with Crippen molar-refractivity contribution in [2.45, 2.75) is 13.0 Å². The van der Waals surface area contributed by atoms with Crippen molar-refractivity contribution in [2.75, 3.05) is 19.8 Å². The molecule has 1 rings (SSSR count). The highest BCUT2D eigenvalue weighted by molar-refractivity contribution is 5.26. The first kappa shape index (κ1) is 12.7. The van der Waals surface area contributed by atoms with Crippen LogP contribution >= 0.6 is 0 Å². The highest BCUT2D eigenvalue weighted by atomic mass is 16.5. The van der Waals surface area contributed by atoms with Gasteiger partial charge >= 0.3 is 0 Å². The standard InChI is InChI=1S/C13H19NO2/c1-2-3-8-15-9-10-16-13-6-4-12(11-14)5-7-13/h2,4-7H,1,3,8-11,14H2. The number of benzene rings is 1. The van der Waals surface area contributed by atoms with Crippen LogP contribution in [0.15, 0.2) is 36.9 Å². The van der Waals surface area contributed by atoms with Crippen LogP contribution in [0.3, 0.4) is 0 Å². The maximum atomic E-state index is 5.50. The number of hydrogen-bond donors (Lipinski definition) is 1. The number of hydrogen-bond acceptors (Lipinski definition) is 3. The van der Waals surface area contributed by atoms with E-state index in [1.807, 2.05) is 30.3 Å². The van der Waals surface area contributed by atoms with Gasteiger partial charge < -0.3 is 15.2 Å². The summed E-state index contributed by atoms with van der Waals surface area (Å²) in [4.78, 5) is 0. The maximum Gasteiger partial charge on any atom is 0.119 e. The van der Waals surface area contributed by atoms with Crippen LogP contribution in [0, 0.1) is 0 Å². The Balaban J connectivity index is 2.14. The van der Waals surface area contributed by atoms with E-state index in [0.717, 1.165) is 17.7 Å². The molecule has 1 aromatic carbocycles. The van der Waals surface area contributed by atoms with Gasteiger partial charge in [0.1, 0.15) is 12.4 Å². The Bertz CT molecular complexity index is 295. The van der Waals surface area contributed by atoms with E-state index in [9.17, 15) is 0 Å². The van der Waals surface area contributed by atoms with Gasteiger partial charge in [-0.05, 0) is 24.1 Å². The SMILES string of the molecule is C=CCCOCCOc1ccc(CN)cc1. The highest BCUT2D eigenvalue weighted by Crippen LogP contribution is 2.11. The molecule has 3 nitrogen and oxygen atoms in total. The molecular weight excluding hydrogens is 202 g/mol. The maximum absolute atomic E-state index is 5.50. The summed E-state index contributed by atoms with van der Waals surface area (Å²) in [5.74, 6) is 0.851. The smallest absolute Gasteiger partial charge is 0.119 e. The van der Waals surface area contributed by atoms with E-state index in [0.29, 0.717) is 26.4 Å². The van der Waals surface area contributed by atoms with Crippen molar-refractivity contribution in [3.8, 4) is 5.75 Å². The number of ether oxygens (including phenoxy) is 2. The molecule has 0 saturated carbocycles. The molecule has 0 aromatic heterocycles. The lowest BCUT2D eigenvalue weighted by atomic mass is 10.2. The molecule has 0 aliphatic heterocycles. The second-order valence-electron chi connectivity index (χ2n) is 3.39. The fourth-order valence-electron chi connectivity index (χ4n) is 1.21. The zero-order chi connectivity index (χ0) is 11.6. The molecule has 0 aliphatic rings. The van der Waals surface area contributed by atoms with Crippen molar-refractivity contribution in [1.29, 1.82) is 0 Å². The van der Waals surface area contributed by atoms with Gasteiger partial charge in [-0.2, -0.15) is 0 Å². The van der Waals surface area contributed by atoms with Crippen molar-refractivity contribution in [2.24, 2.45) is 5.73 Å². The monoisotopic (exact) mass is 221 g/mol. The van der Waals surface area contributed by atoms with Crippen LogP contribution in [-0.4, -0.2) is 19.8 Å². The summed E-state index contributed by atoms with van der Waals surface area (Å²) in [5, 5.41) is 0. The third kappa shape index (κ3) is 4.96. The fourth-order valence-corrected chi connectivity index (χ4v) is 1.21. The molecule has 0 spiro atoms. The summed E-state index contributed by atoms with van der Waals surface area (Å²) in [6, 6.07) is 7.78. The van der Waals surface area contributed by atoms with Crippen LogP contribution in [0.1, 0.15) is 12.0 Å². The minimum absolute atomic E-state index is 0.560. The van der Waals surface area contributed by atoms with Crippen molar-refractivity contribution >= 4 is 0 Å². The normalized spacial score (nSPS) is 10.1. The molecule has 3 heteroatoms. The fraction of sp³-hybridized carbons (Fsp3) is 0.385. The molecule has 0 aliphatic carbocycles. The van der Waals surface area contributed by atoms with E-state index in [1.54, 1.807) is 0 Å². The first-order valence-corrected chi connectivity index (χ1v) is 5.47. The first-order chi connectivity index (χ1) is 7.86. The topological polar surface area (TPSA) is 44.5 Å². The number of rotatable bonds is 8. The average Bonchev–Trinajstić information content (AvgIpc) is 2.34.